The van der Waals surface area contributed by atoms with Crippen LogP contribution >= 0.6 is 0 Å². The molecule has 0 radical (unpaired) electrons. The van der Waals surface area contributed by atoms with E-state index in [1.54, 1.807) is 33.5 Å². The van der Waals surface area contributed by atoms with Crippen molar-refractivity contribution in [2.24, 2.45) is 0 Å². The minimum absolute atomic E-state index is 0.0634. The minimum Gasteiger partial charge on any atom is -0.493 e. The Kier molecular flexibility index (Phi) is 7.56. The highest BCUT2D eigenvalue weighted by molar-refractivity contribution is 5.95. The summed E-state index contributed by atoms with van der Waals surface area (Å²) in [5, 5.41) is 8.96. The summed E-state index contributed by atoms with van der Waals surface area (Å²) in [7, 11) is 4.63. The van der Waals surface area contributed by atoms with Crippen LogP contribution in [0.15, 0.2) is 24.3 Å². The zero-order valence-corrected chi connectivity index (χ0v) is 20.5. The summed E-state index contributed by atoms with van der Waals surface area (Å²) in [6.07, 6.45) is 0. The number of carbonyl (C=O) groups excluding carboxylic acids is 1. The second-order valence-electron chi connectivity index (χ2n) is 8.36. The molecule has 2 aliphatic rings. The van der Waals surface area contributed by atoms with Crippen LogP contribution in [0.4, 0.5) is 11.6 Å². The number of benzene rings is 1. The Balaban J connectivity index is 1.36. The van der Waals surface area contributed by atoms with Crippen LogP contribution in [-0.4, -0.2) is 106 Å². The SMILES string of the molecule is CCN1CCN(c2ccc(N3CCN(C(=O)c4cc(OC)c(OC)c(OC)c4)CC3)nn2)CC1. The molecule has 1 aromatic heterocycles. The van der Waals surface area contributed by atoms with E-state index in [2.05, 4.69) is 37.9 Å². The normalized spacial score (nSPS) is 17.0. The fourth-order valence-electron chi connectivity index (χ4n) is 4.47. The lowest BCUT2D eigenvalue weighted by molar-refractivity contribution is 0.0745. The number of anilines is 2. The Morgan fingerprint density at radius 3 is 1.71 bits per heavy atom. The maximum atomic E-state index is 13.2. The van der Waals surface area contributed by atoms with E-state index in [1.165, 1.54) is 0 Å². The first-order valence-corrected chi connectivity index (χ1v) is 11.7. The number of hydrogen-bond donors (Lipinski definition) is 0. The number of hydrogen-bond acceptors (Lipinski definition) is 9. The van der Waals surface area contributed by atoms with Crippen LogP contribution < -0.4 is 24.0 Å². The molecule has 0 N–H and O–H groups in total. The maximum absolute atomic E-state index is 13.2. The van der Waals surface area contributed by atoms with Gasteiger partial charge in [0.05, 0.1) is 21.3 Å². The second kappa shape index (κ2) is 10.8. The van der Waals surface area contributed by atoms with E-state index in [-0.39, 0.29) is 5.91 Å². The lowest BCUT2D eigenvalue weighted by atomic mass is 10.1. The Hall–Kier alpha value is -3.27. The second-order valence-corrected chi connectivity index (χ2v) is 8.36. The van der Waals surface area contributed by atoms with E-state index in [1.807, 2.05) is 11.0 Å². The zero-order chi connectivity index (χ0) is 24.1. The monoisotopic (exact) mass is 470 g/mol. The van der Waals surface area contributed by atoms with Gasteiger partial charge in [-0.2, -0.15) is 0 Å². The number of carbonyl (C=O) groups is 1. The smallest absolute Gasteiger partial charge is 0.254 e. The van der Waals surface area contributed by atoms with Crippen molar-refractivity contribution in [2.45, 2.75) is 6.92 Å². The molecule has 0 spiro atoms. The van der Waals surface area contributed by atoms with Crippen LogP contribution in [0, 0.1) is 0 Å². The average molecular weight is 471 g/mol. The number of ether oxygens (including phenoxy) is 3. The zero-order valence-electron chi connectivity index (χ0n) is 20.5. The van der Waals surface area contributed by atoms with Crippen LogP contribution in [-0.2, 0) is 0 Å². The molecule has 2 saturated heterocycles. The van der Waals surface area contributed by atoms with E-state index in [4.69, 9.17) is 14.2 Å². The van der Waals surface area contributed by atoms with E-state index in [0.29, 0.717) is 49.0 Å². The molecule has 10 heteroatoms. The molecule has 4 rings (SSSR count). The van der Waals surface area contributed by atoms with E-state index < -0.39 is 0 Å². The summed E-state index contributed by atoms with van der Waals surface area (Å²) < 4.78 is 16.1. The largest absolute Gasteiger partial charge is 0.493 e. The van der Waals surface area contributed by atoms with Gasteiger partial charge in [-0.15, -0.1) is 10.2 Å². The lowest BCUT2D eigenvalue weighted by Gasteiger charge is -2.36. The first-order valence-electron chi connectivity index (χ1n) is 11.7. The molecule has 2 fully saturated rings. The highest BCUT2D eigenvalue weighted by Gasteiger charge is 2.26. The van der Waals surface area contributed by atoms with Crippen LogP contribution in [0.5, 0.6) is 17.2 Å². The van der Waals surface area contributed by atoms with Gasteiger partial charge in [0.1, 0.15) is 0 Å². The molecule has 0 bridgehead atoms. The Morgan fingerprint density at radius 2 is 1.29 bits per heavy atom. The van der Waals surface area contributed by atoms with Crippen molar-refractivity contribution in [1.82, 2.24) is 20.0 Å². The van der Waals surface area contributed by atoms with E-state index >= 15 is 0 Å². The first-order chi connectivity index (χ1) is 16.6. The maximum Gasteiger partial charge on any atom is 0.254 e. The summed E-state index contributed by atoms with van der Waals surface area (Å²) in [5.41, 5.74) is 0.510. The Labute approximate surface area is 201 Å². The summed E-state index contributed by atoms with van der Waals surface area (Å²) in [4.78, 5) is 21.9. The Bertz CT molecular complexity index is 945. The number of aromatic nitrogens is 2. The van der Waals surface area contributed by atoms with Crippen molar-refractivity contribution < 1.29 is 19.0 Å². The van der Waals surface area contributed by atoms with Gasteiger partial charge in [-0.05, 0) is 30.8 Å². The third-order valence-corrected chi connectivity index (χ3v) is 6.58. The van der Waals surface area contributed by atoms with Gasteiger partial charge in [-0.3, -0.25) is 4.79 Å². The fourth-order valence-corrected chi connectivity index (χ4v) is 4.47. The predicted octanol–water partition coefficient (Wildman–Crippen LogP) is 1.61. The van der Waals surface area contributed by atoms with Crippen molar-refractivity contribution >= 4 is 17.5 Å². The quantitative estimate of drug-likeness (QED) is 0.599. The molecule has 10 nitrogen and oxygen atoms in total. The van der Waals surface area contributed by atoms with Gasteiger partial charge >= 0.3 is 0 Å². The summed E-state index contributed by atoms with van der Waals surface area (Å²) in [6.45, 7) is 9.93. The minimum atomic E-state index is -0.0634. The summed E-state index contributed by atoms with van der Waals surface area (Å²) in [5.74, 6) is 3.12. The predicted molar refractivity (Wildman–Crippen MR) is 131 cm³/mol. The molecule has 0 saturated carbocycles. The van der Waals surface area contributed by atoms with Crippen LogP contribution in [0.3, 0.4) is 0 Å². The fraction of sp³-hybridized carbons (Fsp3) is 0.542. The molecular weight excluding hydrogens is 436 g/mol. The summed E-state index contributed by atoms with van der Waals surface area (Å²) >= 11 is 0. The molecule has 1 aromatic carbocycles. The van der Waals surface area contributed by atoms with Gasteiger partial charge in [0.15, 0.2) is 23.1 Å². The van der Waals surface area contributed by atoms with E-state index in [9.17, 15) is 4.79 Å². The Morgan fingerprint density at radius 1 is 0.794 bits per heavy atom. The van der Waals surface area contributed by atoms with Crippen LogP contribution in [0.1, 0.15) is 17.3 Å². The molecular formula is C24H34N6O4. The van der Waals surface area contributed by atoms with Crippen LogP contribution in [0.2, 0.25) is 0 Å². The van der Waals surface area contributed by atoms with Gasteiger partial charge in [0.25, 0.3) is 5.91 Å². The topological polar surface area (TPSA) is 83.5 Å². The van der Waals surface area contributed by atoms with Crippen LogP contribution in [0.25, 0.3) is 0 Å². The number of piperazine rings is 2. The highest BCUT2D eigenvalue weighted by atomic mass is 16.5. The van der Waals surface area contributed by atoms with E-state index in [0.717, 1.165) is 44.4 Å². The molecule has 3 heterocycles. The number of amides is 1. The highest BCUT2D eigenvalue weighted by Crippen LogP contribution is 2.38. The molecule has 2 aromatic rings. The van der Waals surface area contributed by atoms with Crippen molar-refractivity contribution in [3.63, 3.8) is 0 Å². The molecule has 0 unspecified atom stereocenters. The van der Waals surface area contributed by atoms with Gasteiger partial charge in [-0.25, -0.2) is 0 Å². The summed E-state index contributed by atoms with van der Waals surface area (Å²) in [6, 6.07) is 7.48. The third-order valence-electron chi connectivity index (χ3n) is 6.58. The number of rotatable bonds is 7. The van der Waals surface area contributed by atoms with Gasteiger partial charge in [0.2, 0.25) is 5.75 Å². The van der Waals surface area contributed by atoms with Gasteiger partial charge in [0, 0.05) is 57.9 Å². The first kappa shape index (κ1) is 23.9. The molecule has 34 heavy (non-hydrogen) atoms. The van der Waals surface area contributed by atoms with Crippen molar-refractivity contribution in [3.05, 3.63) is 29.8 Å². The third kappa shape index (κ3) is 4.96. The number of methoxy groups -OCH3 is 3. The number of likely N-dealkylation sites (N-methyl/N-ethyl adjacent to an activating group) is 1. The average Bonchev–Trinajstić information content (AvgIpc) is 2.92. The molecule has 0 aliphatic carbocycles. The lowest BCUT2D eigenvalue weighted by Crippen LogP contribution is -2.49. The molecule has 0 atom stereocenters. The van der Waals surface area contributed by atoms with Gasteiger partial charge in [-0.1, -0.05) is 6.92 Å². The van der Waals surface area contributed by atoms with Crippen molar-refractivity contribution in [1.29, 1.82) is 0 Å². The standard InChI is InChI=1S/C24H34N6O4/c1-5-27-8-10-28(11-9-27)21-6-7-22(26-25-21)29-12-14-30(15-13-29)24(31)18-16-19(32-2)23(34-4)20(17-18)33-3/h6-7,16-17H,5,8-15H2,1-4H3. The van der Waals surface area contributed by atoms with Crippen molar-refractivity contribution in [3.8, 4) is 17.2 Å². The number of nitrogens with zero attached hydrogens (tertiary/aromatic N) is 6. The molecule has 184 valence electrons. The molecule has 2 aliphatic heterocycles. The van der Waals surface area contributed by atoms with Crippen molar-refractivity contribution in [2.75, 3.05) is 90.0 Å². The van der Waals surface area contributed by atoms with Gasteiger partial charge < -0.3 is 33.8 Å². The molecule has 1 amide bonds.